The third-order valence-electron chi connectivity index (χ3n) is 4.35. The molecular formula is C16H28N4O. The van der Waals surface area contributed by atoms with E-state index < -0.39 is 0 Å². The van der Waals surface area contributed by atoms with Gasteiger partial charge in [-0.15, -0.1) is 0 Å². The van der Waals surface area contributed by atoms with Crippen molar-refractivity contribution < 1.29 is 4.74 Å². The van der Waals surface area contributed by atoms with Crippen LogP contribution in [0.4, 0.5) is 11.6 Å². The Labute approximate surface area is 128 Å². The second kappa shape index (κ2) is 6.50. The van der Waals surface area contributed by atoms with Crippen molar-refractivity contribution in [2.75, 3.05) is 37.0 Å². The van der Waals surface area contributed by atoms with Gasteiger partial charge in [-0.3, -0.25) is 0 Å². The summed E-state index contributed by atoms with van der Waals surface area (Å²) in [6.07, 6.45) is 4.02. The van der Waals surface area contributed by atoms with E-state index in [1.807, 2.05) is 0 Å². The molecule has 0 bridgehead atoms. The summed E-state index contributed by atoms with van der Waals surface area (Å²) >= 11 is 0. The zero-order valence-corrected chi connectivity index (χ0v) is 13.9. The van der Waals surface area contributed by atoms with Crippen LogP contribution in [0, 0.1) is 11.3 Å². The van der Waals surface area contributed by atoms with Crippen molar-refractivity contribution in [2.45, 2.75) is 40.5 Å². The highest BCUT2D eigenvalue weighted by Gasteiger charge is 2.30. The van der Waals surface area contributed by atoms with E-state index in [2.05, 4.69) is 47.9 Å². The van der Waals surface area contributed by atoms with Crippen LogP contribution in [0.3, 0.4) is 0 Å². The Kier molecular flexibility index (Phi) is 4.91. The topological polar surface area (TPSA) is 50.3 Å². The molecule has 0 aromatic carbocycles. The maximum absolute atomic E-state index is 5.55. The van der Waals surface area contributed by atoms with Crippen molar-refractivity contribution in [1.29, 1.82) is 0 Å². The average Bonchev–Trinajstić information content (AvgIpc) is 2.46. The number of nitrogens with zero attached hydrogens (tertiary/aromatic N) is 3. The lowest BCUT2D eigenvalue weighted by molar-refractivity contribution is 0.198. The largest absolute Gasteiger partial charge is 0.490 e. The molecule has 2 rings (SSSR count). The molecule has 0 unspecified atom stereocenters. The van der Waals surface area contributed by atoms with E-state index in [0.717, 1.165) is 42.9 Å². The van der Waals surface area contributed by atoms with Crippen LogP contribution in [-0.2, 0) is 0 Å². The summed E-state index contributed by atoms with van der Waals surface area (Å²) in [5, 5.41) is 3.24. The van der Waals surface area contributed by atoms with Gasteiger partial charge in [0.2, 0.25) is 5.75 Å². The lowest BCUT2D eigenvalue weighted by atomic mass is 9.75. The zero-order valence-electron chi connectivity index (χ0n) is 13.9. The normalized spacial score (nSPS) is 16.9. The summed E-state index contributed by atoms with van der Waals surface area (Å²) in [5.74, 6) is 3.22. The SMILES string of the molecule is CCNc1ncnc(N2CCC(C(C)(C)C)CC2)c1OC. The number of rotatable bonds is 4. The van der Waals surface area contributed by atoms with Gasteiger partial charge in [-0.1, -0.05) is 20.8 Å². The van der Waals surface area contributed by atoms with Crippen molar-refractivity contribution >= 4 is 11.6 Å². The quantitative estimate of drug-likeness (QED) is 0.923. The molecule has 1 fully saturated rings. The van der Waals surface area contributed by atoms with Crippen molar-refractivity contribution in [3.05, 3.63) is 6.33 Å². The molecule has 0 saturated carbocycles. The van der Waals surface area contributed by atoms with Gasteiger partial charge in [0.05, 0.1) is 7.11 Å². The van der Waals surface area contributed by atoms with E-state index in [9.17, 15) is 0 Å². The molecule has 118 valence electrons. The Bertz CT molecular complexity index is 462. The second-order valence-electron chi connectivity index (χ2n) is 6.74. The zero-order chi connectivity index (χ0) is 15.5. The first-order valence-corrected chi connectivity index (χ1v) is 7.85. The van der Waals surface area contributed by atoms with E-state index in [4.69, 9.17) is 4.74 Å². The molecule has 0 spiro atoms. The molecule has 5 heteroatoms. The molecule has 1 aromatic heterocycles. The molecule has 5 nitrogen and oxygen atoms in total. The van der Waals surface area contributed by atoms with E-state index >= 15 is 0 Å². The highest BCUT2D eigenvalue weighted by atomic mass is 16.5. The molecule has 1 aliphatic rings. The van der Waals surface area contributed by atoms with Crippen LogP contribution in [-0.4, -0.2) is 36.7 Å². The van der Waals surface area contributed by atoms with E-state index in [1.54, 1.807) is 13.4 Å². The van der Waals surface area contributed by atoms with Gasteiger partial charge in [0.15, 0.2) is 11.6 Å². The number of nitrogens with one attached hydrogen (secondary N) is 1. The van der Waals surface area contributed by atoms with Crippen molar-refractivity contribution in [2.24, 2.45) is 11.3 Å². The molecule has 0 radical (unpaired) electrons. The number of hydrogen-bond acceptors (Lipinski definition) is 5. The number of ether oxygens (including phenoxy) is 1. The lowest BCUT2D eigenvalue weighted by Crippen LogP contribution is -2.38. The predicted octanol–water partition coefficient (Wildman–Crippen LogP) is 3.18. The van der Waals surface area contributed by atoms with E-state index in [1.165, 1.54) is 12.8 Å². The third-order valence-corrected chi connectivity index (χ3v) is 4.35. The Morgan fingerprint density at radius 3 is 2.48 bits per heavy atom. The minimum Gasteiger partial charge on any atom is -0.490 e. The average molecular weight is 292 g/mol. The number of hydrogen-bond donors (Lipinski definition) is 1. The first kappa shape index (κ1) is 15.9. The highest BCUT2D eigenvalue weighted by Crippen LogP contribution is 2.38. The monoisotopic (exact) mass is 292 g/mol. The summed E-state index contributed by atoms with van der Waals surface area (Å²) < 4.78 is 5.55. The molecule has 0 atom stereocenters. The molecule has 1 N–H and O–H groups in total. The molecule has 1 aliphatic heterocycles. The van der Waals surface area contributed by atoms with Gasteiger partial charge in [0.1, 0.15) is 6.33 Å². The van der Waals surface area contributed by atoms with Crippen LogP contribution < -0.4 is 15.0 Å². The minimum absolute atomic E-state index is 0.386. The Morgan fingerprint density at radius 2 is 1.95 bits per heavy atom. The summed E-state index contributed by atoms with van der Waals surface area (Å²) in [6, 6.07) is 0. The van der Waals surface area contributed by atoms with E-state index in [-0.39, 0.29) is 0 Å². The van der Waals surface area contributed by atoms with Crippen LogP contribution in [0.5, 0.6) is 5.75 Å². The lowest BCUT2D eigenvalue weighted by Gasteiger charge is -2.39. The fourth-order valence-corrected chi connectivity index (χ4v) is 3.03. The smallest absolute Gasteiger partial charge is 0.204 e. The van der Waals surface area contributed by atoms with Gasteiger partial charge >= 0.3 is 0 Å². The Hall–Kier alpha value is -1.52. The number of aromatic nitrogens is 2. The van der Waals surface area contributed by atoms with E-state index in [0.29, 0.717) is 5.41 Å². The van der Waals surface area contributed by atoms with Gasteiger partial charge in [-0.2, -0.15) is 0 Å². The van der Waals surface area contributed by atoms with Crippen molar-refractivity contribution in [3.8, 4) is 5.75 Å². The summed E-state index contributed by atoms with van der Waals surface area (Å²) in [7, 11) is 1.69. The number of methoxy groups -OCH3 is 1. The predicted molar refractivity (Wildman–Crippen MR) is 87.1 cm³/mol. The first-order chi connectivity index (χ1) is 9.97. The van der Waals surface area contributed by atoms with Crippen LogP contribution >= 0.6 is 0 Å². The maximum Gasteiger partial charge on any atom is 0.204 e. The standard InChI is InChI=1S/C16H28N4O/c1-6-17-14-13(21-5)15(19-11-18-14)20-9-7-12(8-10-20)16(2,3)4/h11-12H,6-10H2,1-5H3,(H,17,18,19). The van der Waals surface area contributed by atoms with Gasteiger partial charge in [0, 0.05) is 19.6 Å². The van der Waals surface area contributed by atoms with Crippen molar-refractivity contribution in [1.82, 2.24) is 9.97 Å². The van der Waals surface area contributed by atoms with Gasteiger partial charge in [-0.25, -0.2) is 9.97 Å². The summed E-state index contributed by atoms with van der Waals surface area (Å²) in [6.45, 7) is 11.9. The van der Waals surface area contributed by atoms with Crippen LogP contribution in [0.25, 0.3) is 0 Å². The highest BCUT2D eigenvalue weighted by molar-refractivity contribution is 5.64. The van der Waals surface area contributed by atoms with Gasteiger partial charge in [-0.05, 0) is 31.1 Å². The molecule has 1 saturated heterocycles. The molecule has 21 heavy (non-hydrogen) atoms. The first-order valence-electron chi connectivity index (χ1n) is 7.85. The van der Waals surface area contributed by atoms with Crippen molar-refractivity contribution in [3.63, 3.8) is 0 Å². The number of piperidine rings is 1. The van der Waals surface area contributed by atoms with Gasteiger partial charge in [0.25, 0.3) is 0 Å². The Morgan fingerprint density at radius 1 is 1.29 bits per heavy atom. The fourth-order valence-electron chi connectivity index (χ4n) is 3.03. The minimum atomic E-state index is 0.386. The second-order valence-corrected chi connectivity index (χ2v) is 6.74. The summed E-state index contributed by atoms with van der Waals surface area (Å²) in [5.41, 5.74) is 0.386. The molecule has 1 aromatic rings. The Balaban J connectivity index is 2.15. The van der Waals surface area contributed by atoms with Crippen LogP contribution in [0.15, 0.2) is 6.33 Å². The fraction of sp³-hybridized carbons (Fsp3) is 0.750. The molecule has 2 heterocycles. The molecule has 0 aliphatic carbocycles. The van der Waals surface area contributed by atoms with Crippen LogP contribution in [0.1, 0.15) is 40.5 Å². The maximum atomic E-state index is 5.55. The third kappa shape index (κ3) is 3.57. The molecular weight excluding hydrogens is 264 g/mol. The number of anilines is 2. The summed E-state index contributed by atoms with van der Waals surface area (Å²) in [4.78, 5) is 11.1. The van der Waals surface area contributed by atoms with Crippen LogP contribution in [0.2, 0.25) is 0 Å². The van der Waals surface area contributed by atoms with Gasteiger partial charge < -0.3 is 15.0 Å². The molecule has 0 amide bonds.